The van der Waals surface area contributed by atoms with Crippen molar-refractivity contribution in [2.24, 2.45) is 34.0 Å². The molecule has 2 bridgehead atoms. The molecule has 3 fully saturated rings. The summed E-state index contributed by atoms with van der Waals surface area (Å²) in [6.07, 6.45) is 6.49. The third-order valence-electron chi connectivity index (χ3n) is 9.79. The van der Waals surface area contributed by atoms with E-state index in [1.54, 1.807) is 0 Å². The molecule has 0 amide bonds. The van der Waals surface area contributed by atoms with E-state index in [9.17, 15) is 19.2 Å². The van der Waals surface area contributed by atoms with Crippen LogP contribution in [-0.2, 0) is 38.1 Å². The summed E-state index contributed by atoms with van der Waals surface area (Å²) in [7, 11) is 0. The highest BCUT2D eigenvalue weighted by Gasteiger charge is 2.69. The molecule has 4 aliphatic rings. The van der Waals surface area contributed by atoms with Gasteiger partial charge in [0.15, 0.2) is 0 Å². The average molecular weight is 505 g/mol. The topological polar surface area (TPSA) is 105 Å². The monoisotopic (exact) mass is 504 g/mol. The van der Waals surface area contributed by atoms with Gasteiger partial charge in [0.05, 0.1) is 0 Å². The van der Waals surface area contributed by atoms with E-state index in [0.29, 0.717) is 18.8 Å². The van der Waals surface area contributed by atoms with Crippen LogP contribution in [0.5, 0.6) is 0 Å². The quantitative estimate of drug-likeness (QED) is 0.302. The molecule has 8 heteroatoms. The van der Waals surface area contributed by atoms with Gasteiger partial charge in [-0.25, -0.2) is 0 Å². The molecule has 0 aliphatic heterocycles. The van der Waals surface area contributed by atoms with E-state index in [-0.39, 0.29) is 65.9 Å². The van der Waals surface area contributed by atoms with Gasteiger partial charge in [-0.05, 0) is 67.3 Å². The molecule has 8 nitrogen and oxygen atoms in total. The van der Waals surface area contributed by atoms with Gasteiger partial charge in [-0.1, -0.05) is 19.9 Å². The molecule has 4 aliphatic carbocycles. The molecule has 0 radical (unpaired) electrons. The summed E-state index contributed by atoms with van der Waals surface area (Å²) >= 11 is 0. The van der Waals surface area contributed by atoms with Crippen molar-refractivity contribution in [1.29, 1.82) is 0 Å². The van der Waals surface area contributed by atoms with Crippen LogP contribution >= 0.6 is 0 Å². The van der Waals surface area contributed by atoms with Crippen molar-refractivity contribution >= 4 is 23.9 Å². The van der Waals surface area contributed by atoms with E-state index in [4.69, 9.17) is 18.9 Å². The Balaban J connectivity index is 1.77. The number of hydrogen-bond donors (Lipinski definition) is 0. The van der Waals surface area contributed by atoms with Gasteiger partial charge in [-0.15, -0.1) is 0 Å². The van der Waals surface area contributed by atoms with E-state index < -0.39 is 11.5 Å². The van der Waals surface area contributed by atoms with Gasteiger partial charge in [0.2, 0.25) is 0 Å². The number of esters is 4. The second-order valence-corrected chi connectivity index (χ2v) is 12.0. The summed E-state index contributed by atoms with van der Waals surface area (Å²) in [5.74, 6) is -0.806. The Hall–Kier alpha value is -2.38. The zero-order valence-electron chi connectivity index (χ0n) is 22.4. The van der Waals surface area contributed by atoms with E-state index in [2.05, 4.69) is 19.9 Å². The second-order valence-electron chi connectivity index (χ2n) is 12.0. The molecular formula is C28H40O8. The van der Waals surface area contributed by atoms with Crippen LogP contribution in [0.3, 0.4) is 0 Å². The molecule has 0 aromatic rings. The van der Waals surface area contributed by atoms with Crippen molar-refractivity contribution in [2.45, 2.75) is 92.3 Å². The Bertz CT molecular complexity index is 971. The van der Waals surface area contributed by atoms with Crippen LogP contribution in [0.1, 0.15) is 80.1 Å². The number of rotatable bonds is 6. The Labute approximate surface area is 213 Å². The highest BCUT2D eigenvalue weighted by molar-refractivity contribution is 5.67. The minimum Gasteiger partial charge on any atom is -0.465 e. The Morgan fingerprint density at radius 3 is 2.08 bits per heavy atom. The standard InChI is InChI=1S/C28H40O8/c1-16(29)33-14-21-13-28-12-20(21)7-8-22(28)26(5)10-9-24(35-18(3)31)27(6,15-34-17(2)30)23(26)11-25(28)36-19(4)32/h13,20,22-25H,7-12,14-15H2,1-6H3/t20?,22-,23-,24+,25-,26-,27+,28+/m0/s1. The van der Waals surface area contributed by atoms with Crippen LogP contribution < -0.4 is 0 Å². The van der Waals surface area contributed by atoms with Crippen molar-refractivity contribution in [3.63, 3.8) is 0 Å². The Morgan fingerprint density at radius 2 is 1.47 bits per heavy atom. The minimum absolute atomic E-state index is 0.00453. The lowest BCUT2D eigenvalue weighted by Crippen LogP contribution is -2.65. The number of ether oxygens (including phenoxy) is 4. The number of hydrogen-bond acceptors (Lipinski definition) is 8. The molecule has 4 rings (SSSR count). The molecule has 0 heterocycles. The normalized spacial score (nSPS) is 40.7. The maximum absolute atomic E-state index is 12.3. The largest absolute Gasteiger partial charge is 0.465 e. The SMILES string of the molecule is CC(=O)OCC1=C[C@]23CC1CC[C@H]2[C@]1(C)CC[C@@H](OC(C)=O)[C@](C)(COC(C)=O)[C@H]1C[C@@H]3OC(C)=O. The predicted molar refractivity (Wildman–Crippen MR) is 129 cm³/mol. The van der Waals surface area contributed by atoms with Crippen LogP contribution in [0, 0.1) is 34.0 Å². The molecule has 1 spiro atoms. The van der Waals surface area contributed by atoms with Gasteiger partial charge >= 0.3 is 23.9 Å². The van der Waals surface area contributed by atoms with Gasteiger partial charge in [-0.3, -0.25) is 19.2 Å². The second kappa shape index (κ2) is 9.49. The third-order valence-corrected chi connectivity index (χ3v) is 9.79. The molecular weight excluding hydrogens is 464 g/mol. The molecule has 1 unspecified atom stereocenters. The van der Waals surface area contributed by atoms with E-state index in [1.807, 2.05) is 0 Å². The summed E-state index contributed by atoms with van der Waals surface area (Å²) in [6, 6.07) is 0. The number of carbonyl (C=O) groups is 4. The smallest absolute Gasteiger partial charge is 0.302 e. The van der Waals surface area contributed by atoms with Crippen molar-refractivity contribution in [3.8, 4) is 0 Å². The van der Waals surface area contributed by atoms with Crippen molar-refractivity contribution in [2.75, 3.05) is 13.2 Å². The summed E-state index contributed by atoms with van der Waals surface area (Å²) in [6.45, 7) is 10.5. The van der Waals surface area contributed by atoms with Crippen molar-refractivity contribution in [3.05, 3.63) is 11.6 Å². The van der Waals surface area contributed by atoms with Gasteiger partial charge in [-0.2, -0.15) is 0 Å². The molecule has 0 aromatic carbocycles. The summed E-state index contributed by atoms with van der Waals surface area (Å²) in [4.78, 5) is 47.7. The maximum atomic E-state index is 12.3. The lowest BCUT2D eigenvalue weighted by atomic mass is 9.40. The summed E-state index contributed by atoms with van der Waals surface area (Å²) in [5, 5.41) is 0. The summed E-state index contributed by atoms with van der Waals surface area (Å²) < 4.78 is 22.9. The van der Waals surface area contributed by atoms with Crippen LogP contribution in [0.4, 0.5) is 0 Å². The van der Waals surface area contributed by atoms with Crippen LogP contribution in [0.2, 0.25) is 0 Å². The fourth-order valence-electron chi connectivity index (χ4n) is 8.50. The highest BCUT2D eigenvalue weighted by atomic mass is 16.6. The molecule has 8 atom stereocenters. The first-order chi connectivity index (χ1) is 16.8. The number of fused-ring (bicyclic) bond motifs is 3. The van der Waals surface area contributed by atoms with Crippen LogP contribution in [0.25, 0.3) is 0 Å². The van der Waals surface area contributed by atoms with Gasteiger partial charge in [0.1, 0.15) is 25.4 Å². The van der Waals surface area contributed by atoms with Crippen molar-refractivity contribution in [1.82, 2.24) is 0 Å². The summed E-state index contributed by atoms with van der Waals surface area (Å²) in [5.41, 5.74) is 0.0412. The van der Waals surface area contributed by atoms with Crippen LogP contribution in [-0.4, -0.2) is 49.3 Å². The lowest BCUT2D eigenvalue weighted by molar-refractivity contribution is -0.236. The first-order valence-electron chi connectivity index (χ1n) is 13.1. The Morgan fingerprint density at radius 1 is 0.833 bits per heavy atom. The predicted octanol–water partition coefficient (Wildman–Crippen LogP) is 4.15. The fraction of sp³-hybridized carbons (Fsp3) is 0.786. The molecule has 3 saturated carbocycles. The maximum Gasteiger partial charge on any atom is 0.302 e. The van der Waals surface area contributed by atoms with Gasteiger partial charge in [0, 0.05) is 38.5 Å². The average Bonchev–Trinajstić information content (AvgIpc) is 3.05. The minimum atomic E-state index is -0.621. The van der Waals surface area contributed by atoms with Crippen LogP contribution in [0.15, 0.2) is 11.6 Å². The van der Waals surface area contributed by atoms with Crippen molar-refractivity contribution < 1.29 is 38.1 Å². The molecule has 0 saturated heterocycles. The lowest BCUT2D eigenvalue weighted by Gasteiger charge is -2.66. The molecule has 36 heavy (non-hydrogen) atoms. The van der Waals surface area contributed by atoms with Gasteiger partial charge in [0.25, 0.3) is 0 Å². The molecule has 200 valence electrons. The first kappa shape index (κ1) is 26.7. The first-order valence-corrected chi connectivity index (χ1v) is 13.1. The Kier molecular flexibility index (Phi) is 7.03. The number of carbonyl (C=O) groups excluding carboxylic acids is 4. The highest BCUT2D eigenvalue weighted by Crippen LogP contribution is 2.71. The zero-order chi connectivity index (χ0) is 26.5. The third kappa shape index (κ3) is 4.45. The van der Waals surface area contributed by atoms with E-state index in [0.717, 1.165) is 31.3 Å². The zero-order valence-corrected chi connectivity index (χ0v) is 22.4. The molecule has 0 N–H and O–H groups in total. The van der Waals surface area contributed by atoms with Gasteiger partial charge < -0.3 is 18.9 Å². The van der Waals surface area contributed by atoms with E-state index in [1.165, 1.54) is 27.7 Å². The van der Waals surface area contributed by atoms with E-state index >= 15 is 0 Å². The fourth-order valence-corrected chi connectivity index (χ4v) is 8.50. The molecule has 0 aromatic heterocycles.